The Morgan fingerprint density at radius 3 is 2.38 bits per heavy atom. The first-order chi connectivity index (χ1) is 16.2. The summed E-state index contributed by atoms with van der Waals surface area (Å²) in [5, 5.41) is 2.83. The first-order valence-electron chi connectivity index (χ1n) is 12.3. The summed E-state index contributed by atoms with van der Waals surface area (Å²) in [6, 6.07) is 8.10. The molecule has 7 heteroatoms. The molecule has 1 aromatic carbocycles. The van der Waals surface area contributed by atoms with E-state index in [0.29, 0.717) is 30.1 Å². The van der Waals surface area contributed by atoms with Crippen molar-refractivity contribution in [3.63, 3.8) is 0 Å². The molecule has 0 unspecified atom stereocenters. The highest BCUT2D eigenvalue weighted by Gasteiger charge is 2.28. The lowest BCUT2D eigenvalue weighted by Gasteiger charge is -2.29. The minimum absolute atomic E-state index is 0.252. The highest BCUT2D eigenvalue weighted by atomic mass is 16.6. The number of piperidine rings is 1. The molecular weight excluding hydrogens is 428 g/mol. The average molecular weight is 467 g/mol. The summed E-state index contributed by atoms with van der Waals surface area (Å²) in [6.45, 7) is 13.2. The lowest BCUT2D eigenvalue weighted by Crippen LogP contribution is -2.37. The van der Waals surface area contributed by atoms with E-state index in [1.54, 1.807) is 0 Å². The minimum Gasteiger partial charge on any atom is -0.376 e. The lowest BCUT2D eigenvalue weighted by molar-refractivity contribution is -0.143. The summed E-state index contributed by atoms with van der Waals surface area (Å²) in [4.78, 5) is 32.5. The molecule has 1 aliphatic heterocycles. The van der Waals surface area contributed by atoms with E-state index in [1.807, 2.05) is 38.1 Å². The summed E-state index contributed by atoms with van der Waals surface area (Å²) in [7, 11) is 0. The third kappa shape index (κ3) is 6.21. The summed E-state index contributed by atoms with van der Waals surface area (Å²) in [5.74, 6) is -0.313. The molecule has 34 heavy (non-hydrogen) atoms. The third-order valence-electron chi connectivity index (χ3n) is 6.50. The number of carbonyl (C=O) groups is 2. The number of esters is 1. The van der Waals surface area contributed by atoms with Crippen molar-refractivity contribution >= 4 is 17.7 Å². The predicted octanol–water partition coefficient (Wildman–Crippen LogP) is 4.83. The zero-order valence-electron chi connectivity index (χ0n) is 21.1. The highest BCUT2D eigenvalue weighted by Crippen LogP contribution is 2.36. The minimum atomic E-state index is -0.777. The van der Waals surface area contributed by atoms with Crippen LogP contribution in [0.5, 0.6) is 0 Å². The molecule has 0 aliphatic carbocycles. The van der Waals surface area contributed by atoms with E-state index in [2.05, 4.69) is 31.0 Å². The fourth-order valence-corrected chi connectivity index (χ4v) is 4.56. The van der Waals surface area contributed by atoms with Crippen LogP contribution in [0.25, 0.3) is 11.1 Å². The van der Waals surface area contributed by atoms with Gasteiger partial charge in [-0.1, -0.05) is 50.6 Å². The molecule has 184 valence electrons. The van der Waals surface area contributed by atoms with Gasteiger partial charge in [-0.05, 0) is 69.8 Å². The molecule has 1 aromatic heterocycles. The molecule has 3 rings (SSSR count). The number of anilines is 1. The van der Waals surface area contributed by atoms with Crippen molar-refractivity contribution in [1.29, 1.82) is 0 Å². The van der Waals surface area contributed by atoms with E-state index >= 15 is 0 Å². The van der Waals surface area contributed by atoms with Crippen molar-refractivity contribution in [1.82, 2.24) is 9.88 Å². The SMILES string of the molecule is CCN1CCC(C(=O)OC(=O)Nc2c(C)nc(CC(C)C)c(CN)c2-c2ccc(C)cc2)CC1. The second-order valence-corrected chi connectivity index (χ2v) is 9.58. The smallest absolute Gasteiger partial charge is 0.376 e. The summed E-state index contributed by atoms with van der Waals surface area (Å²) in [5.41, 5.74) is 12.2. The largest absolute Gasteiger partial charge is 0.419 e. The van der Waals surface area contributed by atoms with Crippen molar-refractivity contribution < 1.29 is 14.3 Å². The van der Waals surface area contributed by atoms with Crippen LogP contribution in [0.2, 0.25) is 0 Å². The van der Waals surface area contributed by atoms with Crippen LogP contribution in [0.3, 0.4) is 0 Å². The number of ether oxygens (including phenoxy) is 1. The summed E-state index contributed by atoms with van der Waals surface area (Å²) < 4.78 is 5.23. The van der Waals surface area contributed by atoms with E-state index in [0.717, 1.165) is 54.0 Å². The van der Waals surface area contributed by atoms with Gasteiger partial charge in [-0.2, -0.15) is 0 Å². The van der Waals surface area contributed by atoms with Gasteiger partial charge in [0.05, 0.1) is 17.3 Å². The van der Waals surface area contributed by atoms with E-state index < -0.39 is 12.1 Å². The number of benzene rings is 1. The molecule has 0 atom stereocenters. The molecule has 2 heterocycles. The first kappa shape index (κ1) is 25.8. The zero-order chi connectivity index (χ0) is 24.8. The van der Waals surface area contributed by atoms with Gasteiger partial charge in [-0.25, -0.2) is 4.79 Å². The Bertz CT molecular complexity index is 1010. The molecule has 0 bridgehead atoms. The summed E-state index contributed by atoms with van der Waals surface area (Å²) >= 11 is 0. The number of aromatic nitrogens is 1. The van der Waals surface area contributed by atoms with Crippen LogP contribution in [-0.2, 0) is 22.5 Å². The number of aryl methyl sites for hydroxylation is 2. The van der Waals surface area contributed by atoms with E-state index in [9.17, 15) is 9.59 Å². The number of amides is 1. The van der Waals surface area contributed by atoms with Crippen LogP contribution >= 0.6 is 0 Å². The van der Waals surface area contributed by atoms with Gasteiger partial charge in [-0.3, -0.25) is 15.1 Å². The van der Waals surface area contributed by atoms with Crippen molar-refractivity contribution in [2.75, 3.05) is 25.0 Å². The van der Waals surface area contributed by atoms with Gasteiger partial charge < -0.3 is 15.4 Å². The normalized spacial score (nSPS) is 14.9. The Hall–Kier alpha value is -2.77. The van der Waals surface area contributed by atoms with Crippen LogP contribution in [-0.4, -0.2) is 41.6 Å². The van der Waals surface area contributed by atoms with Crippen molar-refractivity contribution in [2.24, 2.45) is 17.6 Å². The fourth-order valence-electron chi connectivity index (χ4n) is 4.56. The molecule has 0 saturated carbocycles. The van der Waals surface area contributed by atoms with Crippen molar-refractivity contribution in [3.8, 4) is 11.1 Å². The Morgan fingerprint density at radius 2 is 1.82 bits per heavy atom. The number of pyridine rings is 1. The average Bonchev–Trinajstić information content (AvgIpc) is 2.80. The zero-order valence-corrected chi connectivity index (χ0v) is 21.1. The second kappa shape index (κ2) is 11.6. The number of hydrogen-bond donors (Lipinski definition) is 2. The number of nitrogens with zero attached hydrogens (tertiary/aromatic N) is 2. The van der Waals surface area contributed by atoms with E-state index in [1.165, 1.54) is 0 Å². The number of nitrogens with two attached hydrogens (primary N) is 1. The topological polar surface area (TPSA) is 97.5 Å². The number of carbonyl (C=O) groups excluding carboxylic acids is 2. The molecule has 0 radical (unpaired) electrons. The molecule has 1 saturated heterocycles. The molecule has 1 aliphatic rings. The van der Waals surface area contributed by atoms with Crippen molar-refractivity contribution in [3.05, 3.63) is 46.8 Å². The van der Waals surface area contributed by atoms with Crippen LogP contribution < -0.4 is 11.1 Å². The van der Waals surface area contributed by atoms with Gasteiger partial charge in [-0.15, -0.1) is 0 Å². The molecule has 1 fully saturated rings. The van der Waals surface area contributed by atoms with Crippen LogP contribution in [0.4, 0.5) is 10.5 Å². The number of rotatable bonds is 7. The highest BCUT2D eigenvalue weighted by molar-refractivity contribution is 5.98. The molecule has 3 N–H and O–H groups in total. The molecule has 7 nitrogen and oxygen atoms in total. The molecule has 0 spiro atoms. The maximum absolute atomic E-state index is 12.8. The quantitative estimate of drug-likeness (QED) is 0.448. The monoisotopic (exact) mass is 466 g/mol. The Balaban J connectivity index is 1.90. The van der Waals surface area contributed by atoms with E-state index in [4.69, 9.17) is 15.5 Å². The molecular formula is C27H38N4O3. The van der Waals surface area contributed by atoms with Gasteiger partial charge in [0.1, 0.15) is 0 Å². The van der Waals surface area contributed by atoms with Crippen LogP contribution in [0.15, 0.2) is 24.3 Å². The lowest BCUT2D eigenvalue weighted by atomic mass is 9.92. The Morgan fingerprint density at radius 1 is 1.18 bits per heavy atom. The van der Waals surface area contributed by atoms with Crippen LogP contribution in [0, 0.1) is 25.7 Å². The van der Waals surface area contributed by atoms with Crippen molar-refractivity contribution in [2.45, 2.75) is 60.4 Å². The number of hydrogen-bond acceptors (Lipinski definition) is 6. The maximum atomic E-state index is 12.8. The predicted molar refractivity (Wildman–Crippen MR) is 136 cm³/mol. The Labute approximate surface area is 203 Å². The number of likely N-dealkylation sites (tertiary alicyclic amines) is 1. The second-order valence-electron chi connectivity index (χ2n) is 9.58. The Kier molecular flexibility index (Phi) is 8.80. The third-order valence-corrected chi connectivity index (χ3v) is 6.50. The molecule has 2 aromatic rings. The fraction of sp³-hybridized carbons (Fsp3) is 0.519. The van der Waals surface area contributed by atoms with E-state index in [-0.39, 0.29) is 12.5 Å². The van der Waals surface area contributed by atoms with Gasteiger partial charge in [0.25, 0.3) is 0 Å². The van der Waals surface area contributed by atoms with Gasteiger partial charge in [0, 0.05) is 17.8 Å². The first-order valence-corrected chi connectivity index (χ1v) is 12.3. The van der Waals surface area contributed by atoms with Crippen LogP contribution in [0.1, 0.15) is 56.1 Å². The standard InChI is InChI=1S/C27H38N4O3/c1-6-31-13-11-21(12-14-31)26(32)34-27(33)30-25-19(5)29-23(15-17(2)3)22(16-28)24(25)20-9-7-18(4)8-10-20/h7-10,17,21H,6,11-16,28H2,1-5H3,(H,30,33). The number of nitrogens with one attached hydrogen (secondary N) is 1. The van der Waals surface area contributed by atoms with Gasteiger partial charge in [0.2, 0.25) is 0 Å². The maximum Gasteiger partial charge on any atom is 0.419 e. The van der Waals surface area contributed by atoms with Gasteiger partial charge >= 0.3 is 12.1 Å². The molecule has 1 amide bonds. The summed E-state index contributed by atoms with van der Waals surface area (Å²) in [6.07, 6.45) is 1.42. The van der Waals surface area contributed by atoms with Gasteiger partial charge in [0.15, 0.2) is 0 Å².